The number of anilines is 2. The van der Waals surface area contributed by atoms with Crippen LogP contribution in [0.25, 0.3) is 5.57 Å². The van der Waals surface area contributed by atoms with Crippen LogP contribution in [0.3, 0.4) is 0 Å². The van der Waals surface area contributed by atoms with Crippen molar-refractivity contribution in [3.05, 3.63) is 102 Å². The molecule has 1 N–H and O–H groups in total. The summed E-state index contributed by atoms with van der Waals surface area (Å²) in [4.78, 5) is 12.8. The minimum atomic E-state index is 0.0553. The van der Waals surface area contributed by atoms with Crippen molar-refractivity contribution in [3.63, 3.8) is 0 Å². The fourth-order valence-corrected chi connectivity index (χ4v) is 3.07. The van der Waals surface area contributed by atoms with Gasteiger partial charge in [0.1, 0.15) is 0 Å². The van der Waals surface area contributed by atoms with Gasteiger partial charge in [-0.05, 0) is 29.3 Å². The van der Waals surface area contributed by atoms with E-state index in [0.29, 0.717) is 5.56 Å². The largest absolute Gasteiger partial charge is 0.355 e. The summed E-state index contributed by atoms with van der Waals surface area (Å²) in [5.41, 5.74) is 6.00. The lowest BCUT2D eigenvalue weighted by atomic mass is 9.81. The number of carbonyl (C=O) groups excluding carboxylic acids is 1. The number of nitrogens with one attached hydrogen (secondary N) is 1. The van der Waals surface area contributed by atoms with Gasteiger partial charge in [-0.15, -0.1) is 0 Å². The van der Waals surface area contributed by atoms with Crippen molar-refractivity contribution in [2.24, 2.45) is 0 Å². The Labute approximate surface area is 135 Å². The Morgan fingerprint density at radius 2 is 1.35 bits per heavy atom. The van der Waals surface area contributed by atoms with Gasteiger partial charge in [-0.3, -0.25) is 4.79 Å². The van der Waals surface area contributed by atoms with Gasteiger partial charge in [0, 0.05) is 28.1 Å². The van der Waals surface area contributed by atoms with Crippen molar-refractivity contribution < 1.29 is 4.79 Å². The van der Waals surface area contributed by atoms with Gasteiger partial charge >= 0.3 is 0 Å². The fourth-order valence-electron chi connectivity index (χ4n) is 3.07. The van der Waals surface area contributed by atoms with Crippen LogP contribution in [0.15, 0.2) is 79.4 Å². The minimum Gasteiger partial charge on any atom is -0.355 e. The SMILES string of the molecule is C=C1c2ccccc2C(=O)c2cccc(Nc3ccccc3)c21. The molecule has 2 heteroatoms. The molecular formula is C21H15NO. The molecule has 3 aromatic rings. The monoisotopic (exact) mass is 297 g/mol. The summed E-state index contributed by atoms with van der Waals surface area (Å²) >= 11 is 0. The highest BCUT2D eigenvalue weighted by Gasteiger charge is 2.27. The van der Waals surface area contributed by atoms with Gasteiger partial charge in [-0.25, -0.2) is 0 Å². The third-order valence-electron chi connectivity index (χ3n) is 4.16. The molecule has 0 unspecified atom stereocenters. The summed E-state index contributed by atoms with van der Waals surface area (Å²) < 4.78 is 0. The zero-order chi connectivity index (χ0) is 15.8. The third kappa shape index (κ3) is 2.16. The average Bonchev–Trinajstić information content (AvgIpc) is 2.60. The van der Waals surface area contributed by atoms with Gasteiger partial charge in [-0.1, -0.05) is 61.2 Å². The first-order valence-corrected chi connectivity index (χ1v) is 7.54. The number of rotatable bonds is 2. The summed E-state index contributed by atoms with van der Waals surface area (Å²) in [7, 11) is 0. The summed E-state index contributed by atoms with van der Waals surface area (Å²) in [5, 5.41) is 3.40. The molecule has 0 amide bonds. The predicted octanol–water partition coefficient (Wildman–Crippen LogP) is 5.04. The number of carbonyl (C=O) groups is 1. The summed E-state index contributed by atoms with van der Waals surface area (Å²) in [6.45, 7) is 4.24. The second-order valence-corrected chi connectivity index (χ2v) is 5.57. The Morgan fingerprint density at radius 1 is 0.696 bits per heavy atom. The van der Waals surface area contributed by atoms with Gasteiger partial charge in [0.05, 0.1) is 0 Å². The molecular weight excluding hydrogens is 282 g/mol. The number of para-hydroxylation sites is 1. The van der Waals surface area contributed by atoms with E-state index in [1.807, 2.05) is 72.8 Å². The minimum absolute atomic E-state index is 0.0553. The van der Waals surface area contributed by atoms with E-state index in [0.717, 1.165) is 33.6 Å². The standard InChI is InChI=1S/C21H15NO/c1-14-16-10-5-6-11-17(16)21(23)18-12-7-13-19(20(14)18)22-15-8-3-2-4-9-15/h2-13,22H,1H2. The van der Waals surface area contributed by atoms with Crippen LogP contribution in [0.4, 0.5) is 11.4 Å². The first kappa shape index (κ1) is 13.5. The van der Waals surface area contributed by atoms with Crippen LogP contribution >= 0.6 is 0 Å². The molecule has 23 heavy (non-hydrogen) atoms. The van der Waals surface area contributed by atoms with Crippen LogP contribution in [0.2, 0.25) is 0 Å². The summed E-state index contributed by atoms with van der Waals surface area (Å²) in [6, 6.07) is 23.3. The van der Waals surface area contributed by atoms with E-state index >= 15 is 0 Å². The topological polar surface area (TPSA) is 29.1 Å². The summed E-state index contributed by atoms with van der Waals surface area (Å²) in [6.07, 6.45) is 0. The second-order valence-electron chi connectivity index (χ2n) is 5.57. The van der Waals surface area contributed by atoms with Gasteiger partial charge in [-0.2, -0.15) is 0 Å². The highest BCUT2D eigenvalue weighted by molar-refractivity contribution is 6.20. The quantitative estimate of drug-likeness (QED) is 0.562. The second kappa shape index (κ2) is 5.25. The van der Waals surface area contributed by atoms with E-state index in [-0.39, 0.29) is 5.78 Å². The van der Waals surface area contributed by atoms with Crippen LogP contribution in [-0.4, -0.2) is 5.78 Å². The molecule has 0 fully saturated rings. The third-order valence-corrected chi connectivity index (χ3v) is 4.16. The molecule has 0 radical (unpaired) electrons. The van der Waals surface area contributed by atoms with Crippen LogP contribution < -0.4 is 5.32 Å². The maximum absolute atomic E-state index is 12.8. The Hall–Kier alpha value is -3.13. The number of hydrogen-bond donors (Lipinski definition) is 1. The Morgan fingerprint density at radius 3 is 2.13 bits per heavy atom. The first-order valence-electron chi connectivity index (χ1n) is 7.54. The smallest absolute Gasteiger partial charge is 0.194 e. The lowest BCUT2D eigenvalue weighted by Gasteiger charge is -2.23. The Balaban J connectivity index is 1.87. The van der Waals surface area contributed by atoms with Crippen molar-refractivity contribution in [2.75, 3.05) is 5.32 Å². The van der Waals surface area contributed by atoms with E-state index < -0.39 is 0 Å². The van der Waals surface area contributed by atoms with E-state index in [1.54, 1.807) is 0 Å². The molecule has 0 bridgehead atoms. The molecule has 0 aromatic heterocycles. The van der Waals surface area contributed by atoms with Crippen LogP contribution in [-0.2, 0) is 0 Å². The van der Waals surface area contributed by atoms with E-state index in [2.05, 4.69) is 11.9 Å². The number of benzene rings is 3. The zero-order valence-electron chi connectivity index (χ0n) is 12.5. The Kier molecular flexibility index (Phi) is 3.09. The van der Waals surface area contributed by atoms with Crippen molar-refractivity contribution in [2.45, 2.75) is 0 Å². The van der Waals surface area contributed by atoms with Crippen molar-refractivity contribution >= 4 is 22.7 Å². The molecule has 0 saturated carbocycles. The Bertz CT molecular complexity index is 926. The molecule has 0 atom stereocenters. The van der Waals surface area contributed by atoms with Crippen molar-refractivity contribution in [3.8, 4) is 0 Å². The fraction of sp³-hybridized carbons (Fsp3) is 0. The van der Waals surface area contributed by atoms with Crippen molar-refractivity contribution in [1.82, 2.24) is 0 Å². The molecule has 1 aliphatic rings. The molecule has 110 valence electrons. The molecule has 3 aromatic carbocycles. The normalized spacial score (nSPS) is 12.5. The number of fused-ring (bicyclic) bond motifs is 2. The van der Waals surface area contributed by atoms with Gasteiger partial charge in [0.2, 0.25) is 0 Å². The molecule has 1 aliphatic carbocycles. The van der Waals surface area contributed by atoms with E-state index in [4.69, 9.17) is 0 Å². The van der Waals surface area contributed by atoms with Crippen LogP contribution in [0.1, 0.15) is 27.0 Å². The molecule has 4 rings (SSSR count). The predicted molar refractivity (Wildman–Crippen MR) is 94.2 cm³/mol. The van der Waals surface area contributed by atoms with Gasteiger partial charge in [0.25, 0.3) is 0 Å². The van der Waals surface area contributed by atoms with Crippen molar-refractivity contribution in [1.29, 1.82) is 0 Å². The summed E-state index contributed by atoms with van der Waals surface area (Å²) in [5.74, 6) is 0.0553. The molecule has 0 heterocycles. The number of ketones is 1. The maximum Gasteiger partial charge on any atom is 0.194 e. The highest BCUT2D eigenvalue weighted by Crippen LogP contribution is 2.39. The van der Waals surface area contributed by atoms with E-state index in [1.165, 1.54) is 0 Å². The lowest BCUT2D eigenvalue weighted by Crippen LogP contribution is -2.15. The van der Waals surface area contributed by atoms with E-state index in [9.17, 15) is 4.79 Å². The molecule has 0 spiro atoms. The van der Waals surface area contributed by atoms with Crippen LogP contribution in [0, 0.1) is 0 Å². The molecule has 2 nitrogen and oxygen atoms in total. The molecule has 0 aliphatic heterocycles. The first-order chi connectivity index (χ1) is 11.3. The number of hydrogen-bond acceptors (Lipinski definition) is 2. The highest BCUT2D eigenvalue weighted by atomic mass is 16.1. The zero-order valence-corrected chi connectivity index (χ0v) is 12.5. The van der Waals surface area contributed by atoms with Gasteiger partial charge < -0.3 is 5.32 Å². The van der Waals surface area contributed by atoms with Crippen LogP contribution in [0.5, 0.6) is 0 Å². The molecule has 0 saturated heterocycles. The maximum atomic E-state index is 12.8. The van der Waals surface area contributed by atoms with Gasteiger partial charge in [0.15, 0.2) is 5.78 Å². The average molecular weight is 297 g/mol. The lowest BCUT2D eigenvalue weighted by molar-refractivity contribution is 0.103.